The Hall–Kier alpha value is -1.03. The zero-order valence-electron chi connectivity index (χ0n) is 11.6. The third-order valence-electron chi connectivity index (χ3n) is 3.89. The molecule has 1 fully saturated rings. The summed E-state index contributed by atoms with van der Waals surface area (Å²) in [6, 6.07) is 14.5. The molecule has 106 valence electrons. The van der Waals surface area contributed by atoms with Gasteiger partial charge < -0.3 is 10.4 Å². The molecule has 3 rings (SSSR count). The van der Waals surface area contributed by atoms with Crippen molar-refractivity contribution in [3.8, 4) is 0 Å². The van der Waals surface area contributed by atoms with Gasteiger partial charge in [-0.3, -0.25) is 0 Å². The number of nitrogens with one attached hydrogen (secondary N) is 1. The lowest BCUT2D eigenvalue weighted by Gasteiger charge is -2.15. The number of rotatable bonds is 5. The van der Waals surface area contributed by atoms with Crippen molar-refractivity contribution in [1.29, 1.82) is 0 Å². The molecule has 0 spiro atoms. The van der Waals surface area contributed by atoms with E-state index in [1.165, 1.54) is 29.4 Å². The van der Waals surface area contributed by atoms with Crippen LogP contribution in [0.15, 0.2) is 42.5 Å². The first-order valence-electron chi connectivity index (χ1n) is 7.32. The smallest absolute Gasteiger partial charge is 0.0914 e. The van der Waals surface area contributed by atoms with Crippen molar-refractivity contribution < 1.29 is 5.11 Å². The van der Waals surface area contributed by atoms with Gasteiger partial charge in [-0.15, -0.1) is 0 Å². The molecule has 2 unspecified atom stereocenters. The topological polar surface area (TPSA) is 32.3 Å². The Morgan fingerprint density at radius 3 is 2.85 bits per heavy atom. The SMILES string of the molecule is OC(CNCC1CCCS1)c1ccc2ccccc2c1. The number of thioether (sulfide) groups is 1. The van der Waals surface area contributed by atoms with Crippen molar-refractivity contribution in [2.75, 3.05) is 18.8 Å². The highest BCUT2D eigenvalue weighted by Gasteiger charge is 2.15. The molecule has 1 aliphatic rings. The molecule has 0 amide bonds. The van der Waals surface area contributed by atoms with Gasteiger partial charge in [-0.1, -0.05) is 36.4 Å². The fraction of sp³-hybridized carbons (Fsp3) is 0.412. The standard InChI is InChI=1S/C17H21NOS/c19-17(12-18-11-16-6-3-9-20-16)15-8-7-13-4-1-2-5-14(13)10-15/h1-2,4-5,7-8,10,16-19H,3,6,9,11-12H2. The van der Waals surface area contributed by atoms with E-state index in [4.69, 9.17) is 0 Å². The first-order valence-corrected chi connectivity index (χ1v) is 8.37. The molecule has 2 aromatic rings. The van der Waals surface area contributed by atoms with Gasteiger partial charge in [0.2, 0.25) is 0 Å². The van der Waals surface area contributed by atoms with Crippen molar-refractivity contribution in [3.63, 3.8) is 0 Å². The van der Waals surface area contributed by atoms with E-state index in [1.807, 2.05) is 30.0 Å². The molecule has 0 saturated carbocycles. The number of aliphatic hydroxyl groups is 1. The zero-order valence-corrected chi connectivity index (χ0v) is 12.4. The van der Waals surface area contributed by atoms with Crippen LogP contribution in [-0.2, 0) is 0 Å². The molecule has 1 saturated heterocycles. The van der Waals surface area contributed by atoms with E-state index < -0.39 is 6.10 Å². The van der Waals surface area contributed by atoms with E-state index >= 15 is 0 Å². The second-order valence-corrected chi connectivity index (χ2v) is 6.82. The number of hydrogen-bond donors (Lipinski definition) is 2. The number of fused-ring (bicyclic) bond motifs is 1. The predicted molar refractivity (Wildman–Crippen MR) is 87.3 cm³/mol. The van der Waals surface area contributed by atoms with Crippen LogP contribution in [0.25, 0.3) is 10.8 Å². The molecule has 2 aromatic carbocycles. The summed E-state index contributed by atoms with van der Waals surface area (Å²) in [5.74, 6) is 1.29. The molecule has 1 heterocycles. The van der Waals surface area contributed by atoms with Crippen LogP contribution in [0.5, 0.6) is 0 Å². The molecular weight excluding hydrogens is 266 g/mol. The third kappa shape index (κ3) is 3.35. The first-order chi connectivity index (χ1) is 9.83. The van der Waals surface area contributed by atoms with Crippen molar-refractivity contribution in [2.24, 2.45) is 0 Å². The summed E-state index contributed by atoms with van der Waals surface area (Å²) in [5.41, 5.74) is 0.996. The van der Waals surface area contributed by atoms with Crippen molar-refractivity contribution >= 4 is 22.5 Å². The Bertz CT molecular complexity index is 566. The van der Waals surface area contributed by atoms with Gasteiger partial charge in [-0.05, 0) is 41.0 Å². The van der Waals surface area contributed by atoms with E-state index in [1.54, 1.807) is 0 Å². The molecular formula is C17H21NOS. The second-order valence-electron chi connectivity index (χ2n) is 5.42. The zero-order chi connectivity index (χ0) is 13.8. The minimum atomic E-state index is -0.425. The lowest BCUT2D eigenvalue weighted by atomic mass is 10.0. The van der Waals surface area contributed by atoms with Crippen LogP contribution < -0.4 is 5.32 Å². The summed E-state index contributed by atoms with van der Waals surface area (Å²) in [5, 5.41) is 16.8. The number of aliphatic hydroxyl groups excluding tert-OH is 1. The average Bonchev–Trinajstić information content (AvgIpc) is 3.00. The predicted octanol–water partition coefficient (Wildman–Crippen LogP) is 3.36. The van der Waals surface area contributed by atoms with Crippen LogP contribution in [0.2, 0.25) is 0 Å². The maximum atomic E-state index is 10.3. The van der Waals surface area contributed by atoms with Crippen LogP contribution in [0.4, 0.5) is 0 Å². The lowest BCUT2D eigenvalue weighted by Crippen LogP contribution is -2.27. The molecule has 2 nitrogen and oxygen atoms in total. The highest BCUT2D eigenvalue weighted by atomic mass is 32.2. The van der Waals surface area contributed by atoms with Crippen LogP contribution in [0, 0.1) is 0 Å². The van der Waals surface area contributed by atoms with Crippen LogP contribution in [0.1, 0.15) is 24.5 Å². The Morgan fingerprint density at radius 2 is 2.05 bits per heavy atom. The van der Waals surface area contributed by atoms with Gasteiger partial charge in [0.1, 0.15) is 0 Å². The summed E-state index contributed by atoms with van der Waals surface area (Å²) in [6.45, 7) is 1.64. The lowest BCUT2D eigenvalue weighted by molar-refractivity contribution is 0.175. The summed E-state index contributed by atoms with van der Waals surface area (Å²) in [7, 11) is 0. The maximum Gasteiger partial charge on any atom is 0.0914 e. The molecule has 3 heteroatoms. The highest BCUT2D eigenvalue weighted by Crippen LogP contribution is 2.25. The monoisotopic (exact) mass is 287 g/mol. The quantitative estimate of drug-likeness (QED) is 0.884. The molecule has 0 aliphatic carbocycles. The van der Waals surface area contributed by atoms with E-state index in [0.717, 1.165) is 17.4 Å². The summed E-state index contributed by atoms with van der Waals surface area (Å²) >= 11 is 2.05. The Balaban J connectivity index is 1.58. The molecule has 20 heavy (non-hydrogen) atoms. The van der Waals surface area contributed by atoms with Crippen molar-refractivity contribution in [1.82, 2.24) is 5.32 Å². The van der Waals surface area contributed by atoms with Crippen LogP contribution in [0.3, 0.4) is 0 Å². The Labute approximate surface area is 124 Å². The fourth-order valence-corrected chi connectivity index (χ4v) is 3.95. The van der Waals surface area contributed by atoms with Gasteiger partial charge in [-0.25, -0.2) is 0 Å². The molecule has 2 atom stereocenters. The molecule has 1 aliphatic heterocycles. The van der Waals surface area contributed by atoms with Gasteiger partial charge in [0.15, 0.2) is 0 Å². The Kier molecular flexibility index (Phi) is 4.61. The third-order valence-corrected chi connectivity index (χ3v) is 5.29. The van der Waals surface area contributed by atoms with Gasteiger partial charge >= 0.3 is 0 Å². The van der Waals surface area contributed by atoms with Gasteiger partial charge in [0.05, 0.1) is 6.10 Å². The van der Waals surface area contributed by atoms with E-state index in [-0.39, 0.29) is 0 Å². The largest absolute Gasteiger partial charge is 0.387 e. The minimum Gasteiger partial charge on any atom is -0.387 e. The summed E-state index contributed by atoms with van der Waals surface area (Å²) in [6.07, 6.45) is 2.22. The summed E-state index contributed by atoms with van der Waals surface area (Å²) in [4.78, 5) is 0. The van der Waals surface area contributed by atoms with Gasteiger partial charge in [-0.2, -0.15) is 11.8 Å². The molecule has 0 radical (unpaired) electrons. The minimum absolute atomic E-state index is 0.425. The average molecular weight is 287 g/mol. The van der Waals surface area contributed by atoms with Crippen molar-refractivity contribution in [3.05, 3.63) is 48.0 Å². The molecule has 2 N–H and O–H groups in total. The van der Waals surface area contributed by atoms with E-state index in [0.29, 0.717) is 6.54 Å². The summed E-state index contributed by atoms with van der Waals surface area (Å²) < 4.78 is 0. The number of benzene rings is 2. The van der Waals surface area contributed by atoms with Gasteiger partial charge in [0.25, 0.3) is 0 Å². The van der Waals surface area contributed by atoms with Crippen LogP contribution in [-0.4, -0.2) is 29.2 Å². The normalized spacial score (nSPS) is 20.4. The highest BCUT2D eigenvalue weighted by molar-refractivity contribution is 8.00. The first kappa shape index (κ1) is 13.9. The van der Waals surface area contributed by atoms with E-state index in [9.17, 15) is 5.11 Å². The van der Waals surface area contributed by atoms with E-state index in [2.05, 4.69) is 29.6 Å². The molecule has 0 aromatic heterocycles. The Morgan fingerprint density at radius 1 is 1.20 bits per heavy atom. The molecule has 0 bridgehead atoms. The second kappa shape index (κ2) is 6.61. The number of hydrogen-bond acceptors (Lipinski definition) is 3. The fourth-order valence-electron chi connectivity index (χ4n) is 2.72. The van der Waals surface area contributed by atoms with Crippen LogP contribution >= 0.6 is 11.8 Å². The maximum absolute atomic E-state index is 10.3. The van der Waals surface area contributed by atoms with Gasteiger partial charge in [0, 0.05) is 18.3 Å². The van der Waals surface area contributed by atoms with Crippen molar-refractivity contribution in [2.45, 2.75) is 24.2 Å².